The molecule has 0 saturated carbocycles. The smallest absolute Gasteiger partial charge is 0.337 e. The predicted molar refractivity (Wildman–Crippen MR) is 81.9 cm³/mol. The number of benzene rings is 1. The molecule has 1 aromatic rings. The lowest BCUT2D eigenvalue weighted by Gasteiger charge is -2.13. The van der Waals surface area contributed by atoms with E-state index in [1.54, 1.807) is 13.8 Å². The van der Waals surface area contributed by atoms with Gasteiger partial charge in [-0.2, -0.15) is 0 Å². The van der Waals surface area contributed by atoms with Gasteiger partial charge in [0.05, 0.1) is 34.7 Å². The lowest BCUT2D eigenvalue weighted by molar-refractivity contribution is 0.0698. The van der Waals surface area contributed by atoms with Crippen LogP contribution in [0, 0.1) is 0 Å². The van der Waals surface area contributed by atoms with E-state index in [0.29, 0.717) is 0 Å². The van der Waals surface area contributed by atoms with Crippen LogP contribution >= 0.6 is 23.2 Å². The molecule has 0 atom stereocenters. The summed E-state index contributed by atoms with van der Waals surface area (Å²) in [7, 11) is -3.79. The van der Waals surface area contributed by atoms with Gasteiger partial charge in [0.1, 0.15) is 0 Å². The molecule has 1 rings (SSSR count). The van der Waals surface area contributed by atoms with Gasteiger partial charge in [0.25, 0.3) is 0 Å². The van der Waals surface area contributed by atoms with Gasteiger partial charge in [0.15, 0.2) is 0 Å². The van der Waals surface area contributed by atoms with Gasteiger partial charge in [-0.3, -0.25) is 4.72 Å². The first-order valence-corrected chi connectivity index (χ1v) is 8.37. The maximum absolute atomic E-state index is 11.9. The molecule has 0 unspecified atom stereocenters. The number of carboxylic acids is 1. The minimum absolute atomic E-state index is 0.0133. The highest BCUT2D eigenvalue weighted by atomic mass is 35.5. The number of ether oxygens (including phenoxy) is 1. The number of rotatable bonds is 7. The molecule has 9 heteroatoms. The third-order valence-corrected chi connectivity index (χ3v) is 4.08. The summed E-state index contributed by atoms with van der Waals surface area (Å²) >= 11 is 11.6. The number of hydrogen-bond donors (Lipinski definition) is 2. The summed E-state index contributed by atoms with van der Waals surface area (Å²) in [4.78, 5) is 11.1. The molecule has 118 valence electrons. The van der Waals surface area contributed by atoms with E-state index >= 15 is 0 Å². The van der Waals surface area contributed by atoms with Crippen molar-refractivity contribution in [1.29, 1.82) is 0 Å². The number of halogens is 2. The van der Waals surface area contributed by atoms with Crippen molar-refractivity contribution in [2.45, 2.75) is 20.0 Å². The van der Waals surface area contributed by atoms with Crippen LogP contribution in [0.15, 0.2) is 12.1 Å². The Balaban J connectivity index is 2.99. The molecular formula is C12H15Cl2NO5S. The minimum Gasteiger partial charge on any atom is -0.478 e. The average molecular weight is 356 g/mol. The van der Waals surface area contributed by atoms with Crippen LogP contribution in [0.5, 0.6) is 0 Å². The standard InChI is InChI=1S/C12H15Cl2NO5S/c1-7(2)20-3-4-21(18,19)15-11-9(12(16)17)5-8(13)6-10(11)14/h5-7,15H,3-4H2,1-2H3,(H,16,17). The monoisotopic (exact) mass is 355 g/mol. The number of hydrogen-bond acceptors (Lipinski definition) is 4. The molecule has 6 nitrogen and oxygen atoms in total. The number of carboxylic acid groups (broad SMARTS) is 1. The third kappa shape index (κ3) is 5.70. The number of anilines is 1. The fourth-order valence-electron chi connectivity index (χ4n) is 1.45. The molecule has 0 saturated heterocycles. The number of nitrogens with one attached hydrogen (secondary N) is 1. The summed E-state index contributed by atoms with van der Waals surface area (Å²) in [5.74, 6) is -1.65. The SMILES string of the molecule is CC(C)OCCS(=O)(=O)Nc1c(Cl)cc(Cl)cc1C(=O)O. The Kier molecular flexibility index (Phi) is 6.27. The molecule has 0 amide bonds. The summed E-state index contributed by atoms with van der Waals surface area (Å²) in [5.41, 5.74) is -0.529. The topological polar surface area (TPSA) is 92.7 Å². The van der Waals surface area contributed by atoms with Crippen LogP contribution in [-0.2, 0) is 14.8 Å². The highest BCUT2D eigenvalue weighted by molar-refractivity contribution is 7.92. The third-order valence-electron chi connectivity index (χ3n) is 2.35. The molecule has 0 aliphatic carbocycles. The van der Waals surface area contributed by atoms with Gasteiger partial charge in [-0.25, -0.2) is 13.2 Å². The van der Waals surface area contributed by atoms with E-state index in [2.05, 4.69) is 4.72 Å². The maximum Gasteiger partial charge on any atom is 0.337 e. The summed E-state index contributed by atoms with van der Waals surface area (Å²) in [6, 6.07) is 2.39. The molecular weight excluding hydrogens is 341 g/mol. The summed E-state index contributed by atoms with van der Waals surface area (Å²) in [5, 5.41) is 9.09. The first-order chi connectivity index (χ1) is 9.62. The second kappa shape index (κ2) is 7.31. The van der Waals surface area contributed by atoms with Crippen molar-refractivity contribution in [3.63, 3.8) is 0 Å². The normalized spacial score (nSPS) is 11.7. The van der Waals surface area contributed by atoms with Crippen molar-refractivity contribution in [3.05, 3.63) is 27.7 Å². The molecule has 0 aliphatic heterocycles. The molecule has 0 spiro atoms. The van der Waals surface area contributed by atoms with Gasteiger partial charge < -0.3 is 9.84 Å². The fourth-order valence-corrected chi connectivity index (χ4v) is 2.99. The molecule has 0 radical (unpaired) electrons. The van der Waals surface area contributed by atoms with E-state index in [0.717, 1.165) is 6.07 Å². The van der Waals surface area contributed by atoms with Crippen LogP contribution < -0.4 is 4.72 Å². The Bertz CT molecular complexity index is 631. The highest BCUT2D eigenvalue weighted by Crippen LogP contribution is 2.31. The zero-order valence-electron chi connectivity index (χ0n) is 11.4. The van der Waals surface area contributed by atoms with E-state index in [1.807, 2.05) is 0 Å². The summed E-state index contributed by atoms with van der Waals surface area (Å²) in [6.45, 7) is 3.54. The molecule has 21 heavy (non-hydrogen) atoms. The van der Waals surface area contributed by atoms with E-state index in [-0.39, 0.29) is 39.8 Å². The van der Waals surface area contributed by atoms with Crippen molar-refractivity contribution >= 4 is 44.9 Å². The van der Waals surface area contributed by atoms with E-state index in [1.165, 1.54) is 6.07 Å². The van der Waals surface area contributed by atoms with Crippen LogP contribution in [0.3, 0.4) is 0 Å². The summed E-state index contributed by atoms with van der Waals surface area (Å²) < 4.78 is 31.1. The Morgan fingerprint density at radius 2 is 2.00 bits per heavy atom. The number of aromatic carboxylic acids is 1. The molecule has 0 aliphatic rings. The van der Waals surface area contributed by atoms with E-state index in [9.17, 15) is 13.2 Å². The quantitative estimate of drug-likeness (QED) is 0.784. The molecule has 0 fully saturated rings. The van der Waals surface area contributed by atoms with E-state index < -0.39 is 16.0 Å². The molecule has 0 aromatic heterocycles. The van der Waals surface area contributed by atoms with Crippen LogP contribution in [0.25, 0.3) is 0 Å². The molecule has 1 aromatic carbocycles. The second-order valence-electron chi connectivity index (χ2n) is 4.46. The van der Waals surface area contributed by atoms with Crippen LogP contribution in [0.2, 0.25) is 10.0 Å². The zero-order chi connectivity index (χ0) is 16.2. The van der Waals surface area contributed by atoms with Gasteiger partial charge in [-0.15, -0.1) is 0 Å². The van der Waals surface area contributed by atoms with Crippen molar-refractivity contribution < 1.29 is 23.1 Å². The summed E-state index contributed by atoms with van der Waals surface area (Å²) in [6.07, 6.45) is -0.103. The fraction of sp³-hybridized carbons (Fsp3) is 0.417. The zero-order valence-corrected chi connectivity index (χ0v) is 13.7. The minimum atomic E-state index is -3.79. The molecule has 0 heterocycles. The Hall–Kier alpha value is -1.02. The first kappa shape index (κ1) is 18.0. The van der Waals surface area contributed by atoms with Crippen LogP contribution in [0.4, 0.5) is 5.69 Å². The average Bonchev–Trinajstić information content (AvgIpc) is 2.31. The predicted octanol–water partition coefficient (Wildman–Crippen LogP) is 2.86. The van der Waals surface area contributed by atoms with Gasteiger partial charge in [-0.1, -0.05) is 23.2 Å². The lowest BCUT2D eigenvalue weighted by atomic mass is 10.2. The maximum atomic E-state index is 11.9. The second-order valence-corrected chi connectivity index (χ2v) is 7.14. The highest BCUT2D eigenvalue weighted by Gasteiger charge is 2.20. The Morgan fingerprint density at radius 1 is 1.38 bits per heavy atom. The van der Waals surface area contributed by atoms with Gasteiger partial charge in [0, 0.05) is 5.02 Å². The Labute approximate surface area is 133 Å². The number of sulfonamides is 1. The van der Waals surface area contributed by atoms with Gasteiger partial charge in [-0.05, 0) is 26.0 Å². The van der Waals surface area contributed by atoms with Gasteiger partial charge >= 0.3 is 5.97 Å². The van der Waals surface area contributed by atoms with Crippen molar-refractivity contribution in [2.75, 3.05) is 17.1 Å². The first-order valence-electron chi connectivity index (χ1n) is 5.97. The van der Waals surface area contributed by atoms with Gasteiger partial charge in [0.2, 0.25) is 10.0 Å². The van der Waals surface area contributed by atoms with Crippen molar-refractivity contribution in [2.24, 2.45) is 0 Å². The lowest BCUT2D eigenvalue weighted by Crippen LogP contribution is -2.23. The largest absolute Gasteiger partial charge is 0.478 e. The van der Waals surface area contributed by atoms with Crippen LogP contribution in [0.1, 0.15) is 24.2 Å². The molecule has 2 N–H and O–H groups in total. The van der Waals surface area contributed by atoms with Crippen molar-refractivity contribution in [1.82, 2.24) is 0 Å². The number of carbonyl (C=O) groups is 1. The van der Waals surface area contributed by atoms with E-state index in [4.69, 9.17) is 33.0 Å². The molecule has 0 bridgehead atoms. The Morgan fingerprint density at radius 3 is 2.52 bits per heavy atom. The van der Waals surface area contributed by atoms with Crippen LogP contribution in [-0.4, -0.2) is 38.0 Å². The van der Waals surface area contributed by atoms with Crippen molar-refractivity contribution in [3.8, 4) is 0 Å².